The summed E-state index contributed by atoms with van der Waals surface area (Å²) >= 11 is 4.70. The van der Waals surface area contributed by atoms with Crippen molar-refractivity contribution in [2.75, 3.05) is 13.6 Å². The quantitative estimate of drug-likeness (QED) is 0.917. The molecule has 1 unspecified atom stereocenters. The van der Waals surface area contributed by atoms with Crippen molar-refractivity contribution in [1.82, 2.24) is 4.31 Å². The van der Waals surface area contributed by atoms with Gasteiger partial charge in [-0.15, -0.1) is 11.3 Å². The number of nitrogens with zero attached hydrogens (tertiary/aromatic N) is 1. The van der Waals surface area contributed by atoms with E-state index < -0.39 is 10.0 Å². The van der Waals surface area contributed by atoms with Gasteiger partial charge in [-0.1, -0.05) is 0 Å². The third-order valence-corrected chi connectivity index (χ3v) is 6.24. The Kier molecular flexibility index (Phi) is 4.53. The van der Waals surface area contributed by atoms with Gasteiger partial charge in [0.2, 0.25) is 10.0 Å². The van der Waals surface area contributed by atoms with Crippen molar-refractivity contribution in [3.63, 3.8) is 0 Å². The zero-order valence-corrected chi connectivity index (χ0v) is 12.6. The fourth-order valence-electron chi connectivity index (χ4n) is 1.23. The molecular weight excluding hydrogens is 312 g/mol. The third-order valence-electron chi connectivity index (χ3n) is 2.46. The largest absolute Gasteiger partial charge is 0.329 e. The summed E-state index contributed by atoms with van der Waals surface area (Å²) in [6, 6.07) is 1.43. The summed E-state index contributed by atoms with van der Waals surface area (Å²) < 4.78 is 26.6. The van der Waals surface area contributed by atoms with Crippen LogP contribution in [0.2, 0.25) is 0 Å². The van der Waals surface area contributed by atoms with E-state index in [1.165, 1.54) is 15.6 Å². The molecule has 1 heterocycles. The monoisotopic (exact) mass is 326 g/mol. The minimum Gasteiger partial charge on any atom is -0.329 e. The Labute approximate surface area is 109 Å². The molecule has 1 aromatic rings. The molecule has 0 aliphatic heterocycles. The van der Waals surface area contributed by atoms with Crippen molar-refractivity contribution < 1.29 is 8.42 Å². The van der Waals surface area contributed by atoms with E-state index in [4.69, 9.17) is 5.73 Å². The van der Waals surface area contributed by atoms with Gasteiger partial charge >= 0.3 is 0 Å². The Bertz CT molecular complexity index is 470. The molecule has 0 radical (unpaired) electrons. The van der Waals surface area contributed by atoms with Gasteiger partial charge in [0.1, 0.15) is 0 Å². The summed E-state index contributed by atoms with van der Waals surface area (Å²) in [4.78, 5) is 1.13. The molecule has 0 saturated heterocycles. The maximum absolute atomic E-state index is 12.2. The minimum atomic E-state index is -3.43. The maximum atomic E-state index is 12.2. The second kappa shape index (κ2) is 5.14. The molecule has 0 aliphatic rings. The van der Waals surface area contributed by atoms with Crippen LogP contribution in [-0.2, 0) is 10.0 Å². The second-order valence-corrected chi connectivity index (χ2v) is 8.18. The number of rotatable bonds is 4. The SMILES string of the molecule is Cc1sc(Br)cc1S(=O)(=O)N(C)C(C)CN. The van der Waals surface area contributed by atoms with Crippen LogP contribution < -0.4 is 5.73 Å². The predicted octanol–water partition coefficient (Wildman–Crippen LogP) is 1.79. The average Bonchev–Trinajstić information content (AvgIpc) is 2.56. The first-order chi connectivity index (χ1) is 7.30. The first-order valence-electron chi connectivity index (χ1n) is 4.74. The first kappa shape index (κ1) is 14.1. The van der Waals surface area contributed by atoms with Crippen LogP contribution in [0.1, 0.15) is 11.8 Å². The standard InChI is InChI=1S/C9H15BrN2O2S2/c1-6(5-11)12(3)16(13,14)8-4-9(10)15-7(8)2/h4,6H,5,11H2,1-3H3. The van der Waals surface area contributed by atoms with Crippen molar-refractivity contribution in [3.8, 4) is 0 Å². The molecule has 0 aliphatic carbocycles. The van der Waals surface area contributed by atoms with Crippen molar-refractivity contribution in [3.05, 3.63) is 14.7 Å². The van der Waals surface area contributed by atoms with Gasteiger partial charge in [0, 0.05) is 24.5 Å². The maximum Gasteiger partial charge on any atom is 0.244 e. The lowest BCUT2D eigenvalue weighted by Crippen LogP contribution is -2.39. The molecule has 4 nitrogen and oxygen atoms in total. The molecule has 0 amide bonds. The number of likely N-dealkylation sites (N-methyl/N-ethyl adjacent to an activating group) is 1. The molecule has 0 saturated carbocycles. The van der Waals surface area contributed by atoms with Gasteiger partial charge in [0.15, 0.2) is 0 Å². The Morgan fingerprint density at radius 2 is 2.19 bits per heavy atom. The molecule has 16 heavy (non-hydrogen) atoms. The Morgan fingerprint density at radius 1 is 1.62 bits per heavy atom. The minimum absolute atomic E-state index is 0.205. The summed E-state index contributed by atoms with van der Waals surface area (Å²) in [5, 5.41) is 0. The van der Waals surface area contributed by atoms with E-state index in [1.54, 1.807) is 27.0 Å². The Hall–Kier alpha value is 0.0500. The van der Waals surface area contributed by atoms with Crippen molar-refractivity contribution >= 4 is 37.3 Å². The summed E-state index contributed by atoms with van der Waals surface area (Å²) in [6.07, 6.45) is 0. The van der Waals surface area contributed by atoms with E-state index in [2.05, 4.69) is 15.9 Å². The van der Waals surface area contributed by atoms with Crippen molar-refractivity contribution in [2.24, 2.45) is 5.73 Å². The zero-order chi connectivity index (χ0) is 12.5. The Balaban J connectivity index is 3.17. The lowest BCUT2D eigenvalue weighted by Gasteiger charge is -2.22. The van der Waals surface area contributed by atoms with E-state index in [9.17, 15) is 8.42 Å². The van der Waals surface area contributed by atoms with Gasteiger partial charge in [-0.2, -0.15) is 4.31 Å². The van der Waals surface area contributed by atoms with Crippen LogP contribution in [0.15, 0.2) is 14.7 Å². The first-order valence-corrected chi connectivity index (χ1v) is 7.79. The van der Waals surface area contributed by atoms with Gasteiger partial charge in [0.25, 0.3) is 0 Å². The van der Waals surface area contributed by atoms with Crippen LogP contribution in [0.3, 0.4) is 0 Å². The average molecular weight is 327 g/mol. The number of hydrogen-bond donors (Lipinski definition) is 1. The highest BCUT2D eigenvalue weighted by Gasteiger charge is 2.27. The molecule has 0 fully saturated rings. The van der Waals surface area contributed by atoms with E-state index in [0.29, 0.717) is 11.4 Å². The van der Waals surface area contributed by atoms with E-state index in [-0.39, 0.29) is 6.04 Å². The molecule has 1 rings (SSSR count). The number of sulfonamides is 1. The van der Waals surface area contributed by atoms with Gasteiger partial charge < -0.3 is 5.73 Å². The van der Waals surface area contributed by atoms with Crippen LogP contribution in [-0.4, -0.2) is 32.4 Å². The summed E-state index contributed by atoms with van der Waals surface area (Å²) in [7, 11) is -1.87. The van der Waals surface area contributed by atoms with Crippen LogP contribution in [0.25, 0.3) is 0 Å². The van der Waals surface area contributed by atoms with Gasteiger partial charge in [0.05, 0.1) is 8.68 Å². The lowest BCUT2D eigenvalue weighted by molar-refractivity contribution is 0.394. The topological polar surface area (TPSA) is 63.4 Å². The van der Waals surface area contributed by atoms with Gasteiger partial charge in [-0.3, -0.25) is 0 Å². The van der Waals surface area contributed by atoms with Crippen molar-refractivity contribution in [1.29, 1.82) is 0 Å². The second-order valence-electron chi connectivity index (χ2n) is 3.58. The number of hydrogen-bond acceptors (Lipinski definition) is 4. The zero-order valence-electron chi connectivity index (χ0n) is 9.40. The highest BCUT2D eigenvalue weighted by molar-refractivity contribution is 9.11. The smallest absolute Gasteiger partial charge is 0.244 e. The summed E-state index contributed by atoms with van der Waals surface area (Å²) in [6.45, 7) is 3.89. The van der Waals surface area contributed by atoms with Gasteiger partial charge in [-0.05, 0) is 35.8 Å². The fraction of sp³-hybridized carbons (Fsp3) is 0.556. The van der Waals surface area contributed by atoms with Crippen LogP contribution in [0.5, 0.6) is 0 Å². The number of nitrogens with two attached hydrogens (primary N) is 1. The van der Waals surface area contributed by atoms with Crippen LogP contribution >= 0.6 is 27.3 Å². The number of aryl methyl sites for hydroxylation is 1. The molecule has 0 bridgehead atoms. The summed E-state index contributed by atoms with van der Waals surface area (Å²) in [5.74, 6) is 0. The number of thiophene rings is 1. The van der Waals surface area contributed by atoms with Crippen molar-refractivity contribution in [2.45, 2.75) is 24.8 Å². The van der Waals surface area contributed by atoms with E-state index in [1.807, 2.05) is 0 Å². The lowest BCUT2D eigenvalue weighted by atomic mass is 10.4. The molecular formula is C9H15BrN2O2S2. The number of halogens is 1. The molecule has 2 N–H and O–H groups in total. The summed E-state index contributed by atoms with van der Waals surface area (Å²) in [5.41, 5.74) is 5.48. The van der Waals surface area contributed by atoms with E-state index >= 15 is 0 Å². The molecule has 0 spiro atoms. The van der Waals surface area contributed by atoms with E-state index in [0.717, 1.165) is 8.66 Å². The van der Waals surface area contributed by atoms with Crippen LogP contribution in [0.4, 0.5) is 0 Å². The Morgan fingerprint density at radius 3 is 2.56 bits per heavy atom. The van der Waals surface area contributed by atoms with Gasteiger partial charge in [-0.25, -0.2) is 8.42 Å². The molecule has 1 atom stereocenters. The van der Waals surface area contributed by atoms with Crippen LogP contribution in [0, 0.1) is 6.92 Å². The highest BCUT2D eigenvalue weighted by atomic mass is 79.9. The fourth-order valence-corrected chi connectivity index (χ4v) is 4.98. The molecule has 7 heteroatoms. The third kappa shape index (κ3) is 2.65. The highest BCUT2D eigenvalue weighted by Crippen LogP contribution is 2.31. The molecule has 0 aromatic carbocycles. The normalized spacial score (nSPS) is 14.4. The predicted molar refractivity (Wildman–Crippen MR) is 70.2 cm³/mol. The molecule has 1 aromatic heterocycles. The molecule has 92 valence electrons.